The zero-order valence-corrected chi connectivity index (χ0v) is 21.1. The molecule has 1 amide bonds. The third kappa shape index (κ3) is 6.29. The standard InChI is InChI=1S/C28H22Cl3NO3/c1-2-34-27-13-10-20(28(33)32-26-16-24(30)23(29)15-25(26)31)14-21(27)17-35-22-11-8-19(9-12-22)18-6-4-3-5-7-18/h3-16H,2,17H2,1H3,(H,32,33). The highest BCUT2D eigenvalue weighted by molar-refractivity contribution is 6.44. The van der Waals surface area contributed by atoms with Crippen molar-refractivity contribution in [3.63, 3.8) is 0 Å². The molecule has 0 saturated carbocycles. The summed E-state index contributed by atoms with van der Waals surface area (Å²) in [5.74, 6) is 1.02. The van der Waals surface area contributed by atoms with Crippen LogP contribution in [0.1, 0.15) is 22.8 Å². The molecule has 0 spiro atoms. The molecule has 0 aliphatic heterocycles. The summed E-state index contributed by atoms with van der Waals surface area (Å²) in [7, 11) is 0. The second kappa shape index (κ2) is 11.5. The van der Waals surface area contributed by atoms with Gasteiger partial charge in [-0.15, -0.1) is 0 Å². The SMILES string of the molecule is CCOc1ccc(C(=O)Nc2cc(Cl)c(Cl)cc2Cl)cc1COc1ccc(-c2ccccc2)cc1. The second-order valence-electron chi connectivity index (χ2n) is 7.63. The maximum absolute atomic E-state index is 12.9. The van der Waals surface area contributed by atoms with Gasteiger partial charge in [0, 0.05) is 11.1 Å². The second-order valence-corrected chi connectivity index (χ2v) is 8.86. The first kappa shape index (κ1) is 24.9. The molecule has 0 aromatic heterocycles. The maximum atomic E-state index is 12.9. The normalized spacial score (nSPS) is 10.6. The summed E-state index contributed by atoms with van der Waals surface area (Å²) < 4.78 is 11.7. The van der Waals surface area contributed by atoms with Crippen LogP contribution in [0.15, 0.2) is 84.9 Å². The van der Waals surface area contributed by atoms with Gasteiger partial charge in [0.15, 0.2) is 0 Å². The van der Waals surface area contributed by atoms with E-state index in [2.05, 4.69) is 17.4 Å². The molecule has 0 unspecified atom stereocenters. The Balaban J connectivity index is 1.50. The Morgan fingerprint density at radius 2 is 1.46 bits per heavy atom. The first-order valence-corrected chi connectivity index (χ1v) is 12.1. The third-order valence-corrected chi connectivity index (χ3v) is 6.27. The van der Waals surface area contributed by atoms with Crippen LogP contribution in [-0.2, 0) is 6.61 Å². The Hall–Kier alpha value is -3.18. The van der Waals surface area contributed by atoms with Crippen molar-refractivity contribution in [2.75, 3.05) is 11.9 Å². The van der Waals surface area contributed by atoms with Crippen molar-refractivity contribution in [2.45, 2.75) is 13.5 Å². The van der Waals surface area contributed by atoms with Crippen molar-refractivity contribution >= 4 is 46.4 Å². The van der Waals surface area contributed by atoms with Crippen molar-refractivity contribution < 1.29 is 14.3 Å². The van der Waals surface area contributed by atoms with Crippen LogP contribution in [0.3, 0.4) is 0 Å². The fraction of sp³-hybridized carbons (Fsp3) is 0.107. The van der Waals surface area contributed by atoms with Crippen LogP contribution in [0.5, 0.6) is 11.5 Å². The summed E-state index contributed by atoms with van der Waals surface area (Å²) in [5, 5.41) is 3.67. The number of nitrogens with one attached hydrogen (secondary N) is 1. The zero-order valence-electron chi connectivity index (χ0n) is 18.9. The third-order valence-electron chi connectivity index (χ3n) is 5.24. The van der Waals surface area contributed by atoms with Gasteiger partial charge < -0.3 is 14.8 Å². The largest absolute Gasteiger partial charge is 0.493 e. The summed E-state index contributed by atoms with van der Waals surface area (Å²) in [5.41, 5.74) is 3.78. The number of rotatable bonds is 8. The van der Waals surface area contributed by atoms with Crippen molar-refractivity contribution in [1.82, 2.24) is 0 Å². The fourth-order valence-electron chi connectivity index (χ4n) is 3.48. The minimum absolute atomic E-state index is 0.231. The van der Waals surface area contributed by atoms with Gasteiger partial charge in [0.05, 0.1) is 27.4 Å². The molecule has 0 aliphatic carbocycles. The first-order chi connectivity index (χ1) is 16.9. The summed E-state index contributed by atoms with van der Waals surface area (Å²) in [6, 6.07) is 26.2. The molecule has 4 nitrogen and oxygen atoms in total. The molecule has 0 aliphatic rings. The van der Waals surface area contributed by atoms with E-state index in [-0.39, 0.29) is 12.5 Å². The van der Waals surface area contributed by atoms with Crippen molar-refractivity contribution in [3.05, 3.63) is 111 Å². The van der Waals surface area contributed by atoms with Crippen LogP contribution >= 0.6 is 34.8 Å². The zero-order chi connectivity index (χ0) is 24.8. The average Bonchev–Trinajstić information content (AvgIpc) is 2.87. The van der Waals surface area contributed by atoms with E-state index in [1.54, 1.807) is 18.2 Å². The molecule has 0 saturated heterocycles. The molecule has 1 N–H and O–H groups in total. The van der Waals surface area contributed by atoms with Crippen molar-refractivity contribution in [3.8, 4) is 22.6 Å². The van der Waals surface area contributed by atoms with E-state index in [0.29, 0.717) is 44.4 Å². The molecule has 4 aromatic rings. The summed E-state index contributed by atoms with van der Waals surface area (Å²) in [4.78, 5) is 12.9. The van der Waals surface area contributed by atoms with Gasteiger partial charge in [-0.25, -0.2) is 0 Å². The van der Waals surface area contributed by atoms with Crippen LogP contribution < -0.4 is 14.8 Å². The van der Waals surface area contributed by atoms with Gasteiger partial charge in [-0.1, -0.05) is 77.3 Å². The number of halogens is 3. The number of hydrogen-bond donors (Lipinski definition) is 1. The fourth-order valence-corrected chi connectivity index (χ4v) is 4.07. The number of amides is 1. The lowest BCUT2D eigenvalue weighted by molar-refractivity contribution is 0.102. The predicted octanol–water partition coefficient (Wildman–Crippen LogP) is 8.54. The highest BCUT2D eigenvalue weighted by Gasteiger charge is 2.14. The van der Waals surface area contributed by atoms with E-state index in [9.17, 15) is 4.79 Å². The Kier molecular flexibility index (Phi) is 8.19. The lowest BCUT2D eigenvalue weighted by Crippen LogP contribution is -2.13. The molecule has 0 atom stereocenters. The lowest BCUT2D eigenvalue weighted by atomic mass is 10.1. The predicted molar refractivity (Wildman–Crippen MR) is 143 cm³/mol. The van der Waals surface area contributed by atoms with Crippen molar-refractivity contribution in [2.24, 2.45) is 0 Å². The molecular formula is C28H22Cl3NO3. The molecule has 4 rings (SSSR count). The number of ether oxygens (including phenoxy) is 2. The number of benzene rings is 4. The highest BCUT2D eigenvalue weighted by atomic mass is 35.5. The molecule has 0 fully saturated rings. The van der Waals surface area contributed by atoms with E-state index in [4.69, 9.17) is 44.3 Å². The molecule has 35 heavy (non-hydrogen) atoms. The Labute approximate surface area is 219 Å². The van der Waals surface area contributed by atoms with Crippen LogP contribution in [0.4, 0.5) is 5.69 Å². The van der Waals surface area contributed by atoms with Gasteiger partial charge >= 0.3 is 0 Å². The van der Waals surface area contributed by atoms with Crippen LogP contribution in [0.2, 0.25) is 15.1 Å². The Morgan fingerprint density at radius 3 is 2.17 bits per heavy atom. The molecule has 178 valence electrons. The van der Waals surface area contributed by atoms with E-state index >= 15 is 0 Å². The summed E-state index contributed by atoms with van der Waals surface area (Å²) in [6.45, 7) is 2.62. The lowest BCUT2D eigenvalue weighted by Gasteiger charge is -2.14. The number of carbonyl (C=O) groups excluding carboxylic acids is 1. The van der Waals surface area contributed by atoms with Gasteiger partial charge in [-0.2, -0.15) is 0 Å². The monoisotopic (exact) mass is 525 g/mol. The highest BCUT2D eigenvalue weighted by Crippen LogP contribution is 2.33. The van der Waals surface area contributed by atoms with Gasteiger partial charge in [-0.05, 0) is 60.5 Å². The minimum atomic E-state index is -0.346. The van der Waals surface area contributed by atoms with Gasteiger partial charge in [0.25, 0.3) is 5.91 Å². The molecule has 7 heteroatoms. The molecular weight excluding hydrogens is 505 g/mol. The Bertz CT molecular complexity index is 1330. The number of anilines is 1. The van der Waals surface area contributed by atoms with E-state index in [1.165, 1.54) is 12.1 Å². The topological polar surface area (TPSA) is 47.6 Å². The minimum Gasteiger partial charge on any atom is -0.493 e. The molecule has 4 aromatic carbocycles. The van der Waals surface area contributed by atoms with Gasteiger partial charge in [0.2, 0.25) is 0 Å². The van der Waals surface area contributed by atoms with Gasteiger partial charge in [-0.3, -0.25) is 4.79 Å². The summed E-state index contributed by atoms with van der Waals surface area (Å²) in [6.07, 6.45) is 0. The van der Waals surface area contributed by atoms with Gasteiger partial charge in [0.1, 0.15) is 18.1 Å². The molecule has 0 radical (unpaired) electrons. The first-order valence-electron chi connectivity index (χ1n) is 10.9. The number of carbonyl (C=O) groups is 1. The average molecular weight is 527 g/mol. The molecule has 0 bridgehead atoms. The van der Waals surface area contributed by atoms with Crippen molar-refractivity contribution in [1.29, 1.82) is 0 Å². The van der Waals surface area contributed by atoms with E-state index in [0.717, 1.165) is 16.7 Å². The van der Waals surface area contributed by atoms with Crippen LogP contribution in [0, 0.1) is 0 Å². The van der Waals surface area contributed by atoms with E-state index < -0.39 is 0 Å². The van der Waals surface area contributed by atoms with Crippen LogP contribution in [0.25, 0.3) is 11.1 Å². The number of hydrogen-bond acceptors (Lipinski definition) is 3. The quantitative estimate of drug-likeness (QED) is 0.234. The van der Waals surface area contributed by atoms with Crippen LogP contribution in [-0.4, -0.2) is 12.5 Å². The summed E-state index contributed by atoms with van der Waals surface area (Å²) >= 11 is 18.2. The smallest absolute Gasteiger partial charge is 0.255 e. The maximum Gasteiger partial charge on any atom is 0.255 e. The molecule has 0 heterocycles. The van der Waals surface area contributed by atoms with E-state index in [1.807, 2.05) is 49.4 Å². The Morgan fingerprint density at radius 1 is 0.771 bits per heavy atom.